The van der Waals surface area contributed by atoms with Crippen LogP contribution in [0.3, 0.4) is 0 Å². The lowest BCUT2D eigenvalue weighted by atomic mass is 10.0. The minimum absolute atomic E-state index is 0.154. The Labute approximate surface area is 169 Å². The summed E-state index contributed by atoms with van der Waals surface area (Å²) in [4.78, 5) is 22.2. The van der Waals surface area contributed by atoms with Crippen LogP contribution >= 0.6 is 0 Å². The number of nitrogens with one attached hydrogen (secondary N) is 1. The van der Waals surface area contributed by atoms with E-state index < -0.39 is 0 Å². The first kappa shape index (κ1) is 18.8. The number of aromatic nitrogens is 2. The zero-order chi connectivity index (χ0) is 20.1. The summed E-state index contributed by atoms with van der Waals surface area (Å²) in [6.45, 7) is 0.930. The average molecular weight is 383 g/mol. The standard InChI is InChI=1S/C24H21N3O2/c1-29-15-14-25-24(28)19-12-13-20-21(16-19)27-23(18-10-6-3-7-11-18)22(26-20)17-8-4-2-5-9-17/h2-13,16H,14-15H2,1H3,(H,25,28). The minimum Gasteiger partial charge on any atom is -0.383 e. The maximum absolute atomic E-state index is 12.4. The zero-order valence-corrected chi connectivity index (χ0v) is 16.1. The molecule has 1 amide bonds. The summed E-state index contributed by atoms with van der Waals surface area (Å²) in [5.41, 5.74) is 5.58. The molecule has 0 saturated heterocycles. The summed E-state index contributed by atoms with van der Waals surface area (Å²) >= 11 is 0. The van der Waals surface area contributed by atoms with Crippen molar-refractivity contribution in [2.24, 2.45) is 0 Å². The quantitative estimate of drug-likeness (QED) is 0.503. The van der Waals surface area contributed by atoms with Gasteiger partial charge in [0, 0.05) is 30.3 Å². The van der Waals surface area contributed by atoms with E-state index in [1.165, 1.54) is 0 Å². The largest absolute Gasteiger partial charge is 0.383 e. The number of ether oxygens (including phenoxy) is 1. The summed E-state index contributed by atoms with van der Waals surface area (Å²) in [6.07, 6.45) is 0. The lowest BCUT2D eigenvalue weighted by Gasteiger charge is -2.11. The number of amides is 1. The Hall–Kier alpha value is -3.57. The topological polar surface area (TPSA) is 64.1 Å². The van der Waals surface area contributed by atoms with Gasteiger partial charge in [0.1, 0.15) is 0 Å². The number of carbonyl (C=O) groups is 1. The maximum Gasteiger partial charge on any atom is 0.251 e. The number of carbonyl (C=O) groups excluding carboxylic acids is 1. The molecule has 0 aliphatic rings. The molecule has 0 bridgehead atoms. The number of nitrogens with zero attached hydrogens (tertiary/aromatic N) is 2. The summed E-state index contributed by atoms with van der Waals surface area (Å²) < 4.78 is 4.98. The van der Waals surface area contributed by atoms with Crippen LogP contribution in [0.15, 0.2) is 78.9 Å². The molecule has 4 rings (SSSR count). The lowest BCUT2D eigenvalue weighted by molar-refractivity contribution is 0.0937. The van der Waals surface area contributed by atoms with Crippen molar-refractivity contribution in [1.29, 1.82) is 0 Å². The van der Waals surface area contributed by atoms with Gasteiger partial charge in [0.2, 0.25) is 0 Å². The highest BCUT2D eigenvalue weighted by molar-refractivity contribution is 5.98. The third-order valence-corrected chi connectivity index (χ3v) is 4.61. The molecule has 0 unspecified atom stereocenters. The summed E-state index contributed by atoms with van der Waals surface area (Å²) in [5, 5.41) is 2.84. The first-order chi connectivity index (χ1) is 14.3. The Morgan fingerprint density at radius 3 is 2.00 bits per heavy atom. The van der Waals surface area contributed by atoms with Crippen molar-refractivity contribution in [3.05, 3.63) is 84.4 Å². The van der Waals surface area contributed by atoms with E-state index in [0.29, 0.717) is 24.2 Å². The predicted molar refractivity (Wildman–Crippen MR) is 115 cm³/mol. The Balaban J connectivity index is 1.82. The lowest BCUT2D eigenvalue weighted by Crippen LogP contribution is -2.26. The van der Waals surface area contributed by atoms with Gasteiger partial charge in [-0.25, -0.2) is 9.97 Å². The van der Waals surface area contributed by atoms with Gasteiger partial charge in [-0.3, -0.25) is 4.79 Å². The van der Waals surface area contributed by atoms with Crippen LogP contribution in [-0.4, -0.2) is 36.1 Å². The first-order valence-electron chi connectivity index (χ1n) is 9.46. The predicted octanol–water partition coefficient (Wildman–Crippen LogP) is 4.34. The molecule has 0 radical (unpaired) electrons. The molecule has 0 aliphatic carbocycles. The average Bonchev–Trinajstić information content (AvgIpc) is 2.79. The van der Waals surface area contributed by atoms with Crippen molar-refractivity contribution >= 4 is 16.9 Å². The fraction of sp³-hybridized carbons (Fsp3) is 0.125. The number of hydrogen-bond acceptors (Lipinski definition) is 4. The highest BCUT2D eigenvalue weighted by Crippen LogP contribution is 2.31. The smallest absolute Gasteiger partial charge is 0.251 e. The number of rotatable bonds is 6. The SMILES string of the molecule is COCCNC(=O)c1ccc2nc(-c3ccccc3)c(-c3ccccc3)nc2c1. The molecule has 0 aliphatic heterocycles. The van der Waals surface area contributed by atoms with Crippen molar-refractivity contribution in [3.8, 4) is 22.5 Å². The van der Waals surface area contributed by atoms with Crippen molar-refractivity contribution < 1.29 is 9.53 Å². The molecular weight excluding hydrogens is 362 g/mol. The second kappa shape index (κ2) is 8.63. The minimum atomic E-state index is -0.154. The Bertz CT molecular complexity index is 1130. The van der Waals surface area contributed by atoms with E-state index in [4.69, 9.17) is 14.7 Å². The third kappa shape index (κ3) is 4.15. The van der Waals surface area contributed by atoms with Gasteiger partial charge in [-0.2, -0.15) is 0 Å². The van der Waals surface area contributed by atoms with E-state index in [0.717, 1.165) is 28.0 Å². The van der Waals surface area contributed by atoms with Gasteiger partial charge in [-0.05, 0) is 18.2 Å². The molecular formula is C24H21N3O2. The third-order valence-electron chi connectivity index (χ3n) is 4.61. The van der Waals surface area contributed by atoms with Gasteiger partial charge < -0.3 is 10.1 Å². The summed E-state index contributed by atoms with van der Waals surface area (Å²) in [6, 6.07) is 25.4. The van der Waals surface area contributed by atoms with E-state index in [1.54, 1.807) is 19.2 Å². The van der Waals surface area contributed by atoms with Crippen molar-refractivity contribution in [2.75, 3.05) is 20.3 Å². The van der Waals surface area contributed by atoms with Crippen LogP contribution in [-0.2, 0) is 4.74 Å². The molecule has 0 spiro atoms. The summed E-state index contributed by atoms with van der Waals surface area (Å²) in [5.74, 6) is -0.154. The molecule has 144 valence electrons. The molecule has 0 saturated carbocycles. The maximum atomic E-state index is 12.4. The van der Waals surface area contributed by atoms with Gasteiger partial charge >= 0.3 is 0 Å². The molecule has 5 nitrogen and oxygen atoms in total. The van der Waals surface area contributed by atoms with Crippen LogP contribution in [0.1, 0.15) is 10.4 Å². The van der Waals surface area contributed by atoms with Crippen LogP contribution in [0.5, 0.6) is 0 Å². The van der Waals surface area contributed by atoms with Gasteiger partial charge in [0.15, 0.2) is 0 Å². The van der Waals surface area contributed by atoms with Crippen LogP contribution in [0.2, 0.25) is 0 Å². The fourth-order valence-electron chi connectivity index (χ4n) is 3.16. The van der Waals surface area contributed by atoms with E-state index in [-0.39, 0.29) is 5.91 Å². The molecule has 29 heavy (non-hydrogen) atoms. The first-order valence-corrected chi connectivity index (χ1v) is 9.46. The van der Waals surface area contributed by atoms with Crippen molar-refractivity contribution in [2.45, 2.75) is 0 Å². The molecule has 1 heterocycles. The zero-order valence-electron chi connectivity index (χ0n) is 16.1. The number of methoxy groups -OCH3 is 1. The molecule has 3 aromatic carbocycles. The Morgan fingerprint density at radius 1 is 0.828 bits per heavy atom. The molecule has 4 aromatic rings. The van der Waals surface area contributed by atoms with Crippen LogP contribution in [0, 0.1) is 0 Å². The molecule has 5 heteroatoms. The van der Waals surface area contributed by atoms with Gasteiger partial charge in [-0.15, -0.1) is 0 Å². The van der Waals surface area contributed by atoms with E-state index in [1.807, 2.05) is 66.7 Å². The number of fused-ring (bicyclic) bond motifs is 1. The second-order valence-corrected chi connectivity index (χ2v) is 6.61. The van der Waals surface area contributed by atoms with E-state index in [2.05, 4.69) is 5.32 Å². The highest BCUT2D eigenvalue weighted by atomic mass is 16.5. The van der Waals surface area contributed by atoms with Gasteiger partial charge in [0.05, 0.1) is 29.0 Å². The van der Waals surface area contributed by atoms with Gasteiger partial charge in [0.25, 0.3) is 5.91 Å². The van der Waals surface area contributed by atoms with E-state index in [9.17, 15) is 4.79 Å². The molecule has 0 atom stereocenters. The van der Waals surface area contributed by atoms with Crippen molar-refractivity contribution in [1.82, 2.24) is 15.3 Å². The number of benzene rings is 3. The second-order valence-electron chi connectivity index (χ2n) is 6.61. The molecule has 1 N–H and O–H groups in total. The van der Waals surface area contributed by atoms with Gasteiger partial charge in [-0.1, -0.05) is 60.7 Å². The summed E-state index contributed by atoms with van der Waals surface area (Å²) in [7, 11) is 1.60. The monoisotopic (exact) mass is 383 g/mol. The highest BCUT2D eigenvalue weighted by Gasteiger charge is 2.14. The Morgan fingerprint density at radius 2 is 1.41 bits per heavy atom. The van der Waals surface area contributed by atoms with Crippen LogP contribution < -0.4 is 5.32 Å². The molecule has 0 fully saturated rings. The number of hydrogen-bond donors (Lipinski definition) is 1. The van der Waals surface area contributed by atoms with Crippen molar-refractivity contribution in [3.63, 3.8) is 0 Å². The Kier molecular flexibility index (Phi) is 5.59. The van der Waals surface area contributed by atoms with E-state index >= 15 is 0 Å². The molecule has 1 aromatic heterocycles. The van der Waals surface area contributed by atoms with Crippen LogP contribution in [0.25, 0.3) is 33.5 Å². The van der Waals surface area contributed by atoms with Crippen LogP contribution in [0.4, 0.5) is 0 Å². The fourth-order valence-corrected chi connectivity index (χ4v) is 3.16. The normalized spacial score (nSPS) is 10.8.